The average molecular weight is 244 g/mol. The zero-order chi connectivity index (χ0) is 12.4. The van der Waals surface area contributed by atoms with Crippen molar-refractivity contribution in [3.63, 3.8) is 0 Å². The van der Waals surface area contributed by atoms with Crippen molar-refractivity contribution in [3.05, 3.63) is 58.1 Å². The smallest absolute Gasteiger partial charge is 0.192 e. The van der Waals surface area contributed by atoms with E-state index in [4.69, 9.17) is 0 Å². The molecule has 0 heterocycles. The number of carbonyl (C=O) groups is 2. The lowest BCUT2D eigenvalue weighted by molar-refractivity contribution is -0.111. The van der Waals surface area contributed by atoms with Crippen LogP contribution in [0.15, 0.2) is 58.1 Å². The fourth-order valence-electron chi connectivity index (χ4n) is 1.68. The molecule has 0 fully saturated rings. The Morgan fingerprint density at radius 1 is 0.882 bits per heavy atom. The van der Waals surface area contributed by atoms with E-state index in [0.717, 1.165) is 21.6 Å². The van der Waals surface area contributed by atoms with Gasteiger partial charge in [0.15, 0.2) is 11.6 Å². The third-order valence-electron chi connectivity index (χ3n) is 2.67. The SMILES string of the molecule is CSC1=C/C(=C2\C=CC(=O)C(C)=C2)C=CC1=O. The highest BCUT2D eigenvalue weighted by molar-refractivity contribution is 8.03. The lowest BCUT2D eigenvalue weighted by Gasteiger charge is -2.11. The Morgan fingerprint density at radius 3 is 2.06 bits per heavy atom. The summed E-state index contributed by atoms with van der Waals surface area (Å²) in [7, 11) is 0. The van der Waals surface area contributed by atoms with Gasteiger partial charge in [-0.05, 0) is 54.2 Å². The number of hydrogen-bond donors (Lipinski definition) is 0. The summed E-state index contributed by atoms with van der Waals surface area (Å²) in [4.78, 5) is 23.5. The molecule has 0 saturated carbocycles. The Hall–Kier alpha value is -1.61. The number of allylic oxidation sites excluding steroid dienone is 10. The summed E-state index contributed by atoms with van der Waals surface area (Å²) in [6.07, 6.45) is 12.3. The molecule has 0 radical (unpaired) electrons. The summed E-state index contributed by atoms with van der Waals surface area (Å²) >= 11 is 1.44. The van der Waals surface area contributed by atoms with Gasteiger partial charge in [-0.25, -0.2) is 0 Å². The van der Waals surface area contributed by atoms with Crippen molar-refractivity contribution in [1.29, 1.82) is 0 Å². The van der Waals surface area contributed by atoms with Crippen LogP contribution in [0.5, 0.6) is 0 Å². The minimum atomic E-state index is 0.0402. The van der Waals surface area contributed by atoms with Crippen LogP contribution in [-0.4, -0.2) is 17.8 Å². The Kier molecular flexibility index (Phi) is 3.29. The van der Waals surface area contributed by atoms with Crippen LogP contribution in [0.1, 0.15) is 6.92 Å². The monoisotopic (exact) mass is 244 g/mol. The van der Waals surface area contributed by atoms with E-state index in [9.17, 15) is 9.59 Å². The fraction of sp³-hybridized carbons (Fsp3) is 0.143. The third-order valence-corrected chi connectivity index (χ3v) is 3.43. The van der Waals surface area contributed by atoms with E-state index in [2.05, 4.69) is 0 Å². The van der Waals surface area contributed by atoms with E-state index in [1.807, 2.05) is 18.4 Å². The molecule has 0 unspecified atom stereocenters. The van der Waals surface area contributed by atoms with Gasteiger partial charge in [0.2, 0.25) is 0 Å². The molecule has 0 spiro atoms. The normalized spacial score (nSPS) is 23.9. The Labute approximate surface area is 104 Å². The standard InChI is InChI=1S/C14H12O2S/c1-9-7-10(3-5-12(9)15)11-4-6-13(16)14(8-11)17-2/h3-8H,1-2H3/b11-10+. The molecule has 0 N–H and O–H groups in total. The lowest BCUT2D eigenvalue weighted by Crippen LogP contribution is -2.04. The molecule has 0 amide bonds. The molecule has 0 aliphatic heterocycles. The van der Waals surface area contributed by atoms with E-state index in [-0.39, 0.29) is 11.6 Å². The quantitative estimate of drug-likeness (QED) is 0.711. The van der Waals surface area contributed by atoms with Crippen molar-refractivity contribution in [2.75, 3.05) is 6.26 Å². The first-order valence-corrected chi connectivity index (χ1v) is 6.47. The summed E-state index contributed by atoms with van der Waals surface area (Å²) in [5.41, 5.74) is 2.66. The zero-order valence-electron chi connectivity index (χ0n) is 9.69. The van der Waals surface area contributed by atoms with Crippen molar-refractivity contribution in [2.45, 2.75) is 6.92 Å². The van der Waals surface area contributed by atoms with Crippen LogP contribution in [0.25, 0.3) is 0 Å². The van der Waals surface area contributed by atoms with Gasteiger partial charge in [-0.2, -0.15) is 0 Å². The molecule has 0 aromatic heterocycles. The van der Waals surface area contributed by atoms with Crippen molar-refractivity contribution in [3.8, 4) is 0 Å². The van der Waals surface area contributed by atoms with Gasteiger partial charge in [0.1, 0.15) is 0 Å². The predicted octanol–water partition coefficient (Wildman–Crippen LogP) is 2.75. The molecule has 2 nitrogen and oxygen atoms in total. The number of hydrogen-bond acceptors (Lipinski definition) is 3. The molecular weight excluding hydrogens is 232 g/mol. The molecule has 17 heavy (non-hydrogen) atoms. The van der Waals surface area contributed by atoms with E-state index in [1.54, 1.807) is 31.2 Å². The Morgan fingerprint density at radius 2 is 1.47 bits per heavy atom. The van der Waals surface area contributed by atoms with Gasteiger partial charge in [-0.1, -0.05) is 12.2 Å². The van der Waals surface area contributed by atoms with Crippen LogP contribution >= 0.6 is 11.8 Å². The van der Waals surface area contributed by atoms with Gasteiger partial charge in [0.25, 0.3) is 0 Å². The molecule has 0 aromatic rings. The maximum absolute atomic E-state index is 11.5. The van der Waals surface area contributed by atoms with Crippen LogP contribution in [-0.2, 0) is 9.59 Å². The fourth-order valence-corrected chi connectivity index (χ4v) is 2.19. The van der Waals surface area contributed by atoms with E-state index >= 15 is 0 Å². The molecular formula is C14H12O2S. The second-order valence-corrected chi connectivity index (χ2v) is 4.69. The van der Waals surface area contributed by atoms with Crippen molar-refractivity contribution < 1.29 is 9.59 Å². The topological polar surface area (TPSA) is 34.1 Å². The number of ketones is 2. The second kappa shape index (κ2) is 4.72. The van der Waals surface area contributed by atoms with Gasteiger partial charge in [0.05, 0.1) is 4.91 Å². The molecule has 0 bridgehead atoms. The van der Waals surface area contributed by atoms with Crippen molar-refractivity contribution in [1.82, 2.24) is 0 Å². The minimum Gasteiger partial charge on any atom is -0.290 e. The Bertz CT molecular complexity index is 543. The first-order valence-electron chi connectivity index (χ1n) is 5.25. The van der Waals surface area contributed by atoms with Gasteiger partial charge in [0, 0.05) is 0 Å². The number of carbonyl (C=O) groups excluding carboxylic acids is 2. The minimum absolute atomic E-state index is 0.0402. The van der Waals surface area contributed by atoms with Crippen LogP contribution < -0.4 is 0 Å². The number of thioether (sulfide) groups is 1. The lowest BCUT2D eigenvalue weighted by atomic mass is 9.95. The highest BCUT2D eigenvalue weighted by atomic mass is 32.2. The molecule has 3 heteroatoms. The largest absolute Gasteiger partial charge is 0.290 e. The molecule has 86 valence electrons. The highest BCUT2D eigenvalue weighted by Gasteiger charge is 2.13. The van der Waals surface area contributed by atoms with Crippen LogP contribution in [0, 0.1) is 0 Å². The summed E-state index contributed by atoms with van der Waals surface area (Å²) in [5.74, 6) is 0.0812. The summed E-state index contributed by atoms with van der Waals surface area (Å²) in [6.45, 7) is 1.79. The molecule has 2 rings (SSSR count). The maximum Gasteiger partial charge on any atom is 0.192 e. The highest BCUT2D eigenvalue weighted by Crippen LogP contribution is 2.26. The van der Waals surface area contributed by atoms with E-state index in [1.165, 1.54) is 11.8 Å². The number of rotatable bonds is 1. The first-order chi connectivity index (χ1) is 8.11. The van der Waals surface area contributed by atoms with Gasteiger partial charge in [-0.15, -0.1) is 11.8 Å². The summed E-state index contributed by atoms with van der Waals surface area (Å²) < 4.78 is 0. The van der Waals surface area contributed by atoms with E-state index in [0.29, 0.717) is 0 Å². The molecule has 2 aliphatic carbocycles. The van der Waals surface area contributed by atoms with Crippen LogP contribution in [0.4, 0.5) is 0 Å². The molecule has 2 aliphatic rings. The van der Waals surface area contributed by atoms with Crippen molar-refractivity contribution in [2.24, 2.45) is 0 Å². The molecule has 0 aromatic carbocycles. The second-order valence-electron chi connectivity index (χ2n) is 3.85. The predicted molar refractivity (Wildman–Crippen MR) is 70.7 cm³/mol. The third kappa shape index (κ3) is 2.39. The van der Waals surface area contributed by atoms with Crippen LogP contribution in [0.3, 0.4) is 0 Å². The molecule has 0 saturated heterocycles. The Balaban J connectivity index is 2.45. The van der Waals surface area contributed by atoms with Crippen LogP contribution in [0.2, 0.25) is 0 Å². The zero-order valence-corrected chi connectivity index (χ0v) is 10.5. The first kappa shape index (κ1) is 11.9. The maximum atomic E-state index is 11.5. The van der Waals surface area contributed by atoms with Crippen molar-refractivity contribution >= 4 is 23.3 Å². The van der Waals surface area contributed by atoms with Gasteiger partial charge >= 0.3 is 0 Å². The summed E-state index contributed by atoms with van der Waals surface area (Å²) in [6, 6.07) is 0. The molecule has 0 atom stereocenters. The summed E-state index contributed by atoms with van der Waals surface area (Å²) in [5, 5.41) is 0. The van der Waals surface area contributed by atoms with E-state index < -0.39 is 0 Å². The van der Waals surface area contributed by atoms with Gasteiger partial charge < -0.3 is 0 Å². The van der Waals surface area contributed by atoms with Gasteiger partial charge in [-0.3, -0.25) is 9.59 Å². The average Bonchev–Trinajstić information content (AvgIpc) is 2.33.